The maximum Gasteiger partial charge on any atom is 0.311 e. The fourth-order valence-electron chi connectivity index (χ4n) is 4.23. The highest BCUT2D eigenvalue weighted by molar-refractivity contribution is 7.90. The molecule has 1 saturated heterocycles. The maximum atomic E-state index is 13.0. The summed E-state index contributed by atoms with van der Waals surface area (Å²) in [5.41, 5.74) is 0.978. The van der Waals surface area contributed by atoms with Crippen LogP contribution in [-0.4, -0.2) is 49.6 Å². The van der Waals surface area contributed by atoms with Crippen molar-refractivity contribution in [3.63, 3.8) is 0 Å². The molecule has 0 aromatic heterocycles. The van der Waals surface area contributed by atoms with Gasteiger partial charge in [-0.1, -0.05) is 6.42 Å². The number of likely N-dealkylation sites (tertiary alicyclic amines) is 1. The number of aryl methyl sites for hydroxylation is 1. The highest BCUT2D eigenvalue weighted by Crippen LogP contribution is 2.49. The van der Waals surface area contributed by atoms with Gasteiger partial charge in [0.15, 0.2) is 9.84 Å². The van der Waals surface area contributed by atoms with E-state index in [2.05, 4.69) is 0 Å². The van der Waals surface area contributed by atoms with Crippen LogP contribution in [0.2, 0.25) is 0 Å². The normalized spacial score (nSPS) is 25.9. The summed E-state index contributed by atoms with van der Waals surface area (Å²) >= 11 is 0. The van der Waals surface area contributed by atoms with E-state index >= 15 is 0 Å². The Balaban J connectivity index is 1.98. The SMILES string of the molecule is Cc1cc(S(C)(=O)=O)cc(C(=O)N2C[C@@H]3CCC[C@@]3(C(=O)O)C2)c1C. The van der Waals surface area contributed by atoms with E-state index in [4.69, 9.17) is 0 Å². The van der Waals surface area contributed by atoms with Crippen molar-refractivity contribution in [2.24, 2.45) is 11.3 Å². The lowest BCUT2D eigenvalue weighted by molar-refractivity contribution is -0.149. The van der Waals surface area contributed by atoms with Crippen molar-refractivity contribution >= 4 is 21.7 Å². The first-order valence-corrected chi connectivity index (χ1v) is 10.3. The van der Waals surface area contributed by atoms with Crippen molar-refractivity contribution in [2.75, 3.05) is 19.3 Å². The Morgan fingerprint density at radius 1 is 1.28 bits per heavy atom. The van der Waals surface area contributed by atoms with Crippen LogP contribution in [0.1, 0.15) is 40.7 Å². The second-order valence-electron chi connectivity index (χ2n) is 7.42. The number of rotatable bonds is 3. The molecular weight excluding hydrogens is 342 g/mol. The molecule has 1 aromatic rings. The Labute approximate surface area is 147 Å². The molecule has 7 heteroatoms. The van der Waals surface area contributed by atoms with E-state index in [1.807, 2.05) is 0 Å². The monoisotopic (exact) mass is 365 g/mol. The van der Waals surface area contributed by atoms with Crippen LogP contribution >= 0.6 is 0 Å². The second kappa shape index (κ2) is 5.83. The average Bonchev–Trinajstić information content (AvgIpc) is 3.06. The molecule has 1 amide bonds. The largest absolute Gasteiger partial charge is 0.481 e. The van der Waals surface area contributed by atoms with E-state index in [-0.39, 0.29) is 23.3 Å². The Bertz CT molecular complexity index is 860. The van der Waals surface area contributed by atoms with Crippen molar-refractivity contribution in [2.45, 2.75) is 38.0 Å². The molecule has 1 saturated carbocycles. The number of carbonyl (C=O) groups is 2. The Morgan fingerprint density at radius 3 is 2.52 bits per heavy atom. The summed E-state index contributed by atoms with van der Waals surface area (Å²) in [6, 6.07) is 2.99. The van der Waals surface area contributed by atoms with Gasteiger partial charge < -0.3 is 10.0 Å². The number of benzene rings is 1. The molecule has 2 aliphatic rings. The lowest BCUT2D eigenvalue weighted by Crippen LogP contribution is -2.37. The van der Waals surface area contributed by atoms with Crippen LogP contribution in [0, 0.1) is 25.2 Å². The first-order valence-electron chi connectivity index (χ1n) is 8.40. The molecule has 1 heterocycles. The van der Waals surface area contributed by atoms with Crippen molar-refractivity contribution in [1.29, 1.82) is 0 Å². The number of aliphatic carboxylic acids is 1. The number of hydrogen-bond acceptors (Lipinski definition) is 4. The molecular formula is C18H23NO5S. The van der Waals surface area contributed by atoms with Gasteiger partial charge in [0.1, 0.15) is 0 Å². The van der Waals surface area contributed by atoms with Gasteiger partial charge in [-0.15, -0.1) is 0 Å². The molecule has 1 aliphatic carbocycles. The highest BCUT2D eigenvalue weighted by Gasteiger charge is 2.55. The smallest absolute Gasteiger partial charge is 0.311 e. The number of sulfone groups is 1. The fraction of sp³-hybridized carbons (Fsp3) is 0.556. The van der Waals surface area contributed by atoms with Crippen LogP contribution in [0.3, 0.4) is 0 Å². The molecule has 2 fully saturated rings. The van der Waals surface area contributed by atoms with E-state index in [0.717, 1.165) is 30.2 Å². The highest BCUT2D eigenvalue weighted by atomic mass is 32.2. The number of carboxylic acid groups (broad SMARTS) is 1. The van der Waals surface area contributed by atoms with E-state index in [9.17, 15) is 23.1 Å². The van der Waals surface area contributed by atoms with Gasteiger partial charge in [0.05, 0.1) is 10.3 Å². The number of amides is 1. The standard InChI is InChI=1S/C18H23NO5S/c1-11-7-14(25(3,23)24)8-15(12(11)2)16(20)19-9-13-5-4-6-18(13,10-19)17(21)22/h7-8,13H,4-6,9-10H2,1-3H3,(H,21,22)/t13-,18+/m0/s1. The molecule has 1 aromatic carbocycles. The zero-order valence-electron chi connectivity index (χ0n) is 14.7. The zero-order chi connectivity index (χ0) is 18.6. The third kappa shape index (κ3) is 2.84. The van der Waals surface area contributed by atoms with Crippen molar-refractivity contribution < 1.29 is 23.1 Å². The number of carboxylic acids is 1. The van der Waals surface area contributed by atoms with Crippen LogP contribution in [0.5, 0.6) is 0 Å². The second-order valence-corrected chi connectivity index (χ2v) is 9.44. The topological polar surface area (TPSA) is 91.8 Å². The van der Waals surface area contributed by atoms with Gasteiger partial charge in [-0.25, -0.2) is 8.42 Å². The minimum absolute atomic E-state index is 0.0200. The molecule has 0 unspecified atom stereocenters. The number of fused-ring (bicyclic) bond motifs is 1. The third-order valence-corrected chi connectivity index (χ3v) is 6.98. The van der Waals surface area contributed by atoms with Gasteiger partial charge in [-0.3, -0.25) is 9.59 Å². The first-order chi connectivity index (χ1) is 11.6. The predicted molar refractivity (Wildman–Crippen MR) is 92.3 cm³/mol. The van der Waals surface area contributed by atoms with E-state index in [0.29, 0.717) is 18.5 Å². The molecule has 0 bridgehead atoms. The van der Waals surface area contributed by atoms with Gasteiger partial charge >= 0.3 is 5.97 Å². The number of hydrogen-bond donors (Lipinski definition) is 1. The van der Waals surface area contributed by atoms with Crippen LogP contribution < -0.4 is 0 Å². The van der Waals surface area contributed by atoms with E-state index in [1.54, 1.807) is 24.8 Å². The lowest BCUT2D eigenvalue weighted by Gasteiger charge is -2.24. The zero-order valence-corrected chi connectivity index (χ0v) is 15.5. The summed E-state index contributed by atoms with van der Waals surface area (Å²) in [6.07, 6.45) is 3.40. The molecule has 6 nitrogen and oxygen atoms in total. The molecule has 136 valence electrons. The molecule has 0 radical (unpaired) electrons. The van der Waals surface area contributed by atoms with Crippen LogP contribution in [-0.2, 0) is 14.6 Å². The molecule has 1 N–H and O–H groups in total. The van der Waals surface area contributed by atoms with Crippen molar-refractivity contribution in [3.05, 3.63) is 28.8 Å². The van der Waals surface area contributed by atoms with E-state index < -0.39 is 21.2 Å². The Hall–Kier alpha value is -1.89. The summed E-state index contributed by atoms with van der Waals surface area (Å²) in [6.45, 7) is 4.19. The summed E-state index contributed by atoms with van der Waals surface area (Å²) in [5, 5.41) is 9.68. The van der Waals surface area contributed by atoms with Gasteiger partial charge in [0.25, 0.3) is 5.91 Å². The molecule has 3 rings (SSSR count). The third-order valence-electron chi connectivity index (χ3n) is 5.88. The minimum atomic E-state index is -3.43. The quantitative estimate of drug-likeness (QED) is 0.885. The Kier molecular flexibility index (Phi) is 4.18. The molecule has 0 spiro atoms. The number of carbonyl (C=O) groups excluding carboxylic acids is 1. The maximum absolute atomic E-state index is 13.0. The average molecular weight is 365 g/mol. The minimum Gasteiger partial charge on any atom is -0.481 e. The number of nitrogens with zero attached hydrogens (tertiary/aromatic N) is 1. The van der Waals surface area contributed by atoms with Crippen LogP contribution in [0.15, 0.2) is 17.0 Å². The summed E-state index contributed by atoms with van der Waals surface area (Å²) in [7, 11) is -3.43. The summed E-state index contributed by atoms with van der Waals surface area (Å²) < 4.78 is 23.8. The first kappa shape index (κ1) is 17.9. The lowest BCUT2D eigenvalue weighted by atomic mass is 9.81. The van der Waals surface area contributed by atoms with Gasteiger partial charge in [0, 0.05) is 24.9 Å². The van der Waals surface area contributed by atoms with E-state index in [1.165, 1.54) is 6.07 Å². The summed E-state index contributed by atoms with van der Waals surface area (Å²) in [5.74, 6) is -1.13. The Morgan fingerprint density at radius 2 is 1.96 bits per heavy atom. The van der Waals surface area contributed by atoms with Gasteiger partial charge in [0.2, 0.25) is 0 Å². The summed E-state index contributed by atoms with van der Waals surface area (Å²) in [4.78, 5) is 26.5. The van der Waals surface area contributed by atoms with Crippen molar-refractivity contribution in [1.82, 2.24) is 4.90 Å². The fourth-order valence-corrected chi connectivity index (χ4v) is 4.95. The molecule has 25 heavy (non-hydrogen) atoms. The van der Waals surface area contributed by atoms with Crippen LogP contribution in [0.4, 0.5) is 0 Å². The molecule has 1 aliphatic heterocycles. The van der Waals surface area contributed by atoms with Crippen molar-refractivity contribution in [3.8, 4) is 0 Å². The van der Waals surface area contributed by atoms with Crippen LogP contribution in [0.25, 0.3) is 0 Å². The van der Waals surface area contributed by atoms with Gasteiger partial charge in [-0.2, -0.15) is 0 Å². The predicted octanol–water partition coefficient (Wildman–Crippen LogP) is 2.03. The molecule has 2 atom stereocenters. The van der Waals surface area contributed by atoms with Gasteiger partial charge in [-0.05, 0) is 55.9 Å².